The molecule has 162 valence electrons. The van der Waals surface area contributed by atoms with Crippen LogP contribution in [0.3, 0.4) is 0 Å². The minimum Gasteiger partial charge on any atom is -0.506 e. The van der Waals surface area contributed by atoms with Gasteiger partial charge in [-0.05, 0) is 42.5 Å². The van der Waals surface area contributed by atoms with Gasteiger partial charge in [-0.2, -0.15) is 0 Å². The fourth-order valence-corrected chi connectivity index (χ4v) is 5.07. The van der Waals surface area contributed by atoms with Crippen molar-refractivity contribution in [3.05, 3.63) is 81.9 Å². The van der Waals surface area contributed by atoms with Crippen molar-refractivity contribution in [1.29, 1.82) is 0 Å². The zero-order chi connectivity index (χ0) is 22.8. The second-order valence-electron chi connectivity index (χ2n) is 6.13. The van der Waals surface area contributed by atoms with Crippen LogP contribution in [0.15, 0.2) is 76.5 Å². The van der Waals surface area contributed by atoms with Gasteiger partial charge in [-0.25, -0.2) is 16.8 Å². The van der Waals surface area contributed by atoms with Gasteiger partial charge >= 0.3 is 0 Å². The van der Waals surface area contributed by atoms with E-state index < -0.39 is 47.0 Å². The number of nitrogens with one attached hydrogen (secondary N) is 2. The van der Waals surface area contributed by atoms with Crippen LogP contribution in [-0.4, -0.2) is 26.9 Å². The first-order chi connectivity index (χ1) is 14.5. The van der Waals surface area contributed by atoms with Crippen LogP contribution in [0.1, 0.15) is 0 Å². The normalized spacial score (nSPS) is 11.6. The zero-order valence-corrected chi connectivity index (χ0v) is 17.8. The number of halogens is 1. The topological polar surface area (TPSA) is 156 Å². The van der Waals surface area contributed by atoms with Crippen molar-refractivity contribution in [3.8, 4) is 5.75 Å². The molecule has 0 spiro atoms. The van der Waals surface area contributed by atoms with E-state index in [0.717, 1.165) is 30.3 Å². The molecule has 0 aliphatic heterocycles. The number of anilines is 2. The third kappa shape index (κ3) is 5.05. The number of aromatic hydroxyl groups is 1. The van der Waals surface area contributed by atoms with Crippen LogP contribution in [0, 0.1) is 10.1 Å². The van der Waals surface area contributed by atoms with Crippen molar-refractivity contribution in [1.82, 2.24) is 0 Å². The standard InChI is InChI=1S/C18H14ClN3O7S2/c19-12-4-3-5-13(10-12)20-30(26,27)14-8-9-17(23)15(11-14)21-31(28,29)18-7-2-1-6-16(18)22(24)25/h1-11,20-21,23H. The summed E-state index contributed by atoms with van der Waals surface area (Å²) >= 11 is 5.84. The number of rotatable bonds is 7. The molecule has 0 heterocycles. The van der Waals surface area contributed by atoms with Crippen LogP contribution >= 0.6 is 11.6 Å². The van der Waals surface area contributed by atoms with Crippen molar-refractivity contribution in [2.45, 2.75) is 9.79 Å². The van der Waals surface area contributed by atoms with Crippen LogP contribution < -0.4 is 9.44 Å². The average Bonchev–Trinajstić information content (AvgIpc) is 2.69. The van der Waals surface area contributed by atoms with Gasteiger partial charge in [0.1, 0.15) is 5.75 Å². The molecule has 0 radical (unpaired) electrons. The van der Waals surface area contributed by atoms with Crippen molar-refractivity contribution in [3.63, 3.8) is 0 Å². The molecule has 0 fully saturated rings. The molecule has 0 aromatic heterocycles. The number of nitro benzene ring substituents is 1. The lowest BCUT2D eigenvalue weighted by atomic mass is 10.3. The maximum atomic E-state index is 12.7. The largest absolute Gasteiger partial charge is 0.506 e. The summed E-state index contributed by atoms with van der Waals surface area (Å²) in [5, 5.41) is 21.5. The van der Waals surface area contributed by atoms with E-state index in [1.807, 2.05) is 4.72 Å². The number of nitrogens with zero attached hydrogens (tertiary/aromatic N) is 1. The maximum absolute atomic E-state index is 12.7. The minimum atomic E-state index is -4.52. The van der Waals surface area contributed by atoms with E-state index in [-0.39, 0.29) is 10.6 Å². The van der Waals surface area contributed by atoms with E-state index in [9.17, 15) is 32.1 Å². The summed E-state index contributed by atoms with van der Waals surface area (Å²) < 4.78 is 54.9. The molecular weight excluding hydrogens is 470 g/mol. The third-order valence-corrected chi connectivity index (χ3v) is 6.98. The Kier molecular flexibility index (Phi) is 6.06. The van der Waals surface area contributed by atoms with Gasteiger partial charge in [0.25, 0.3) is 25.7 Å². The molecule has 0 atom stereocenters. The molecule has 31 heavy (non-hydrogen) atoms. The third-order valence-electron chi connectivity index (χ3n) is 3.95. The van der Waals surface area contributed by atoms with Gasteiger partial charge in [0.05, 0.1) is 21.2 Å². The SMILES string of the molecule is O=[N+]([O-])c1ccccc1S(=O)(=O)Nc1cc(S(=O)(=O)Nc2cccc(Cl)c2)ccc1O. The van der Waals surface area contributed by atoms with Crippen molar-refractivity contribution in [2.75, 3.05) is 9.44 Å². The summed E-state index contributed by atoms with van der Waals surface area (Å²) in [6.07, 6.45) is 0. The molecule has 0 amide bonds. The molecule has 3 aromatic carbocycles. The summed E-state index contributed by atoms with van der Waals surface area (Å²) in [6.45, 7) is 0. The first-order valence-electron chi connectivity index (χ1n) is 8.37. The van der Waals surface area contributed by atoms with E-state index >= 15 is 0 Å². The molecule has 0 aliphatic rings. The highest BCUT2D eigenvalue weighted by atomic mass is 35.5. The van der Waals surface area contributed by atoms with Gasteiger partial charge in [-0.15, -0.1) is 0 Å². The van der Waals surface area contributed by atoms with Gasteiger partial charge in [0.2, 0.25) is 0 Å². The summed E-state index contributed by atoms with van der Waals surface area (Å²) in [5.74, 6) is -0.580. The maximum Gasteiger partial charge on any atom is 0.289 e. The van der Waals surface area contributed by atoms with Crippen LogP contribution in [0.25, 0.3) is 0 Å². The second-order valence-corrected chi connectivity index (χ2v) is 9.89. The highest BCUT2D eigenvalue weighted by Crippen LogP contribution is 2.31. The number of para-hydroxylation sites is 1. The zero-order valence-electron chi connectivity index (χ0n) is 15.4. The monoisotopic (exact) mass is 483 g/mol. The Morgan fingerprint density at radius 2 is 1.58 bits per heavy atom. The lowest BCUT2D eigenvalue weighted by Gasteiger charge is -2.13. The molecule has 0 saturated carbocycles. The molecule has 10 nitrogen and oxygen atoms in total. The van der Waals surface area contributed by atoms with E-state index in [0.29, 0.717) is 5.02 Å². The summed E-state index contributed by atoms with van der Waals surface area (Å²) in [4.78, 5) is 9.25. The number of phenolic OH excluding ortho intramolecular Hbond substituents is 1. The highest BCUT2D eigenvalue weighted by Gasteiger charge is 2.27. The predicted octanol–water partition coefficient (Wildman–Crippen LogP) is 3.56. The van der Waals surface area contributed by atoms with Crippen molar-refractivity contribution >= 4 is 48.7 Å². The van der Waals surface area contributed by atoms with Crippen LogP contribution in [0.2, 0.25) is 5.02 Å². The minimum absolute atomic E-state index is 0.169. The molecule has 0 unspecified atom stereocenters. The Morgan fingerprint density at radius 1 is 0.871 bits per heavy atom. The van der Waals surface area contributed by atoms with Gasteiger partial charge < -0.3 is 5.11 Å². The van der Waals surface area contributed by atoms with E-state index in [2.05, 4.69) is 4.72 Å². The van der Waals surface area contributed by atoms with Crippen LogP contribution in [0.4, 0.5) is 17.1 Å². The lowest BCUT2D eigenvalue weighted by Crippen LogP contribution is -2.16. The number of hydrogen-bond acceptors (Lipinski definition) is 7. The van der Waals surface area contributed by atoms with Gasteiger partial charge in [-0.1, -0.05) is 29.8 Å². The van der Waals surface area contributed by atoms with Gasteiger partial charge in [-0.3, -0.25) is 19.6 Å². The van der Waals surface area contributed by atoms with Gasteiger partial charge in [0.15, 0.2) is 4.90 Å². The van der Waals surface area contributed by atoms with Crippen LogP contribution in [-0.2, 0) is 20.0 Å². The number of phenols is 1. The molecule has 3 aromatic rings. The van der Waals surface area contributed by atoms with Crippen molar-refractivity contribution in [2.24, 2.45) is 0 Å². The van der Waals surface area contributed by atoms with Crippen molar-refractivity contribution < 1.29 is 26.9 Å². The molecule has 3 rings (SSSR count). The Hall–Kier alpha value is -3.35. The molecule has 3 N–H and O–H groups in total. The Bertz CT molecular complexity index is 1380. The Balaban J connectivity index is 1.97. The first kappa shape index (κ1) is 22.3. The number of hydrogen-bond donors (Lipinski definition) is 3. The Labute approximate surface area is 182 Å². The number of benzene rings is 3. The highest BCUT2D eigenvalue weighted by molar-refractivity contribution is 7.93. The first-order valence-corrected chi connectivity index (χ1v) is 11.7. The predicted molar refractivity (Wildman–Crippen MR) is 114 cm³/mol. The fraction of sp³-hybridized carbons (Fsp3) is 0. The molecule has 13 heteroatoms. The Morgan fingerprint density at radius 3 is 2.26 bits per heavy atom. The van der Waals surface area contributed by atoms with Crippen LogP contribution in [0.5, 0.6) is 5.75 Å². The van der Waals surface area contributed by atoms with Gasteiger partial charge in [0, 0.05) is 11.1 Å². The van der Waals surface area contributed by atoms with E-state index in [1.54, 1.807) is 6.07 Å². The smallest absolute Gasteiger partial charge is 0.289 e. The summed E-state index contributed by atoms with van der Waals surface area (Å²) in [6, 6.07) is 13.4. The summed E-state index contributed by atoms with van der Waals surface area (Å²) in [7, 11) is -8.70. The molecule has 0 bridgehead atoms. The second kappa shape index (κ2) is 8.41. The van der Waals surface area contributed by atoms with E-state index in [1.165, 1.54) is 30.3 Å². The molecular formula is C18H14ClN3O7S2. The average molecular weight is 484 g/mol. The number of nitro groups is 1. The molecule has 0 aliphatic carbocycles. The fourth-order valence-electron chi connectivity index (χ4n) is 2.57. The quantitative estimate of drug-likeness (QED) is 0.263. The number of sulfonamides is 2. The van der Waals surface area contributed by atoms with E-state index in [4.69, 9.17) is 11.6 Å². The summed E-state index contributed by atoms with van der Waals surface area (Å²) in [5.41, 5.74) is -0.990. The lowest BCUT2D eigenvalue weighted by molar-refractivity contribution is -0.387. The molecule has 0 saturated heterocycles.